The van der Waals surface area contributed by atoms with Crippen LogP contribution in [0.1, 0.15) is 38.5 Å². The number of rotatable bonds is 4. The summed E-state index contributed by atoms with van der Waals surface area (Å²) in [5.41, 5.74) is 0.313. The first-order chi connectivity index (χ1) is 10.2. The normalized spacial score (nSPS) is 27.2. The second-order valence-corrected chi connectivity index (χ2v) is 7.10. The number of ether oxygens (including phenoxy) is 2. The number of hydrogen-bond donors (Lipinski definition) is 1. The van der Waals surface area contributed by atoms with Gasteiger partial charge in [-0.2, -0.15) is 0 Å². The van der Waals surface area contributed by atoms with Crippen molar-refractivity contribution in [3.63, 3.8) is 0 Å². The lowest BCUT2D eigenvalue weighted by molar-refractivity contribution is -0.101. The van der Waals surface area contributed by atoms with Gasteiger partial charge in [0.1, 0.15) is 6.10 Å². The lowest BCUT2D eigenvalue weighted by atomic mass is 9.55. The molecular weight excluding hydrogens is 330 g/mol. The molecular formula is C17H24BrNO2. The van der Waals surface area contributed by atoms with Crippen molar-refractivity contribution in [2.75, 3.05) is 14.2 Å². The Morgan fingerprint density at radius 1 is 1.24 bits per heavy atom. The van der Waals surface area contributed by atoms with Crippen molar-refractivity contribution in [2.45, 2.75) is 50.7 Å². The van der Waals surface area contributed by atoms with Crippen LogP contribution in [0.4, 0.5) is 0 Å². The fourth-order valence-corrected chi connectivity index (χ4v) is 4.55. The van der Waals surface area contributed by atoms with Crippen LogP contribution >= 0.6 is 15.9 Å². The summed E-state index contributed by atoms with van der Waals surface area (Å²) in [4.78, 5) is 0. The van der Waals surface area contributed by atoms with E-state index in [1.54, 1.807) is 7.11 Å². The van der Waals surface area contributed by atoms with Crippen LogP contribution in [0.15, 0.2) is 22.7 Å². The summed E-state index contributed by atoms with van der Waals surface area (Å²) in [5.74, 6) is 1.66. The minimum Gasteiger partial charge on any atom is -0.493 e. The quantitative estimate of drug-likeness (QED) is 0.881. The molecule has 1 N–H and O–H groups in total. The van der Waals surface area contributed by atoms with Gasteiger partial charge in [0.05, 0.1) is 11.6 Å². The number of para-hydroxylation sites is 1. The smallest absolute Gasteiger partial charge is 0.175 e. The van der Waals surface area contributed by atoms with Crippen molar-refractivity contribution in [3.8, 4) is 11.5 Å². The van der Waals surface area contributed by atoms with Crippen molar-refractivity contribution >= 4 is 15.9 Å². The Labute approximate surface area is 135 Å². The van der Waals surface area contributed by atoms with Crippen molar-refractivity contribution in [3.05, 3.63) is 22.7 Å². The molecule has 2 aliphatic carbocycles. The summed E-state index contributed by atoms with van der Waals surface area (Å²) >= 11 is 3.59. The highest BCUT2D eigenvalue weighted by atomic mass is 79.9. The molecule has 0 radical (unpaired) electrons. The topological polar surface area (TPSA) is 30.5 Å². The molecule has 2 unspecified atom stereocenters. The van der Waals surface area contributed by atoms with E-state index in [0.29, 0.717) is 17.6 Å². The maximum absolute atomic E-state index is 6.42. The monoisotopic (exact) mass is 353 g/mol. The van der Waals surface area contributed by atoms with Crippen LogP contribution in [0, 0.1) is 5.41 Å². The molecule has 21 heavy (non-hydrogen) atoms. The van der Waals surface area contributed by atoms with E-state index in [2.05, 4.69) is 28.3 Å². The molecule has 3 rings (SSSR count). The van der Waals surface area contributed by atoms with E-state index in [0.717, 1.165) is 22.4 Å². The molecule has 0 bridgehead atoms. The lowest BCUT2D eigenvalue weighted by Crippen LogP contribution is -2.64. The average Bonchev–Trinajstić information content (AvgIpc) is 2.52. The molecule has 2 atom stereocenters. The van der Waals surface area contributed by atoms with Crippen molar-refractivity contribution < 1.29 is 9.47 Å². The minimum absolute atomic E-state index is 0.294. The Morgan fingerprint density at radius 2 is 2.00 bits per heavy atom. The fourth-order valence-electron chi connectivity index (χ4n) is 4.11. The van der Waals surface area contributed by atoms with E-state index in [4.69, 9.17) is 9.47 Å². The largest absolute Gasteiger partial charge is 0.493 e. The second kappa shape index (κ2) is 6.17. The summed E-state index contributed by atoms with van der Waals surface area (Å²) in [6, 6.07) is 6.54. The van der Waals surface area contributed by atoms with E-state index < -0.39 is 0 Å². The molecule has 0 aliphatic heterocycles. The van der Waals surface area contributed by atoms with E-state index in [-0.39, 0.29) is 0 Å². The van der Waals surface area contributed by atoms with Gasteiger partial charge in [-0.25, -0.2) is 0 Å². The van der Waals surface area contributed by atoms with Gasteiger partial charge in [-0.3, -0.25) is 0 Å². The zero-order chi connectivity index (χ0) is 14.9. The molecule has 1 aromatic rings. The Hall–Kier alpha value is -0.740. The van der Waals surface area contributed by atoms with Crippen molar-refractivity contribution in [1.82, 2.24) is 5.32 Å². The molecule has 116 valence electrons. The highest BCUT2D eigenvalue weighted by molar-refractivity contribution is 9.10. The second-order valence-electron chi connectivity index (χ2n) is 6.25. The predicted molar refractivity (Wildman–Crippen MR) is 88.1 cm³/mol. The van der Waals surface area contributed by atoms with Crippen LogP contribution in [0.2, 0.25) is 0 Å². The van der Waals surface area contributed by atoms with E-state index in [1.165, 1.54) is 32.1 Å². The van der Waals surface area contributed by atoms with Gasteiger partial charge < -0.3 is 14.8 Å². The third kappa shape index (κ3) is 2.57. The average molecular weight is 354 g/mol. The molecule has 0 heterocycles. The molecule has 1 spiro atoms. The molecule has 4 heteroatoms. The van der Waals surface area contributed by atoms with Gasteiger partial charge in [0.25, 0.3) is 0 Å². The highest BCUT2D eigenvalue weighted by Gasteiger charge is 2.56. The molecule has 0 amide bonds. The Kier molecular flexibility index (Phi) is 4.46. The summed E-state index contributed by atoms with van der Waals surface area (Å²) in [5, 5.41) is 3.50. The van der Waals surface area contributed by atoms with Gasteiger partial charge in [-0.15, -0.1) is 0 Å². The van der Waals surface area contributed by atoms with Crippen LogP contribution in [-0.2, 0) is 0 Å². The van der Waals surface area contributed by atoms with Gasteiger partial charge in [-0.1, -0.05) is 25.3 Å². The molecule has 0 aromatic heterocycles. The van der Waals surface area contributed by atoms with Gasteiger partial charge in [0.15, 0.2) is 11.5 Å². The first kappa shape index (κ1) is 15.2. The predicted octanol–water partition coefficient (Wildman–Crippen LogP) is 4.15. The third-order valence-corrected chi connectivity index (χ3v) is 5.95. The van der Waals surface area contributed by atoms with Crippen LogP contribution in [0.3, 0.4) is 0 Å². The Balaban J connectivity index is 1.82. The van der Waals surface area contributed by atoms with Gasteiger partial charge in [-0.05, 0) is 48.0 Å². The fraction of sp³-hybridized carbons (Fsp3) is 0.647. The summed E-state index contributed by atoms with van der Waals surface area (Å²) in [6.07, 6.45) is 7.94. The highest BCUT2D eigenvalue weighted by Crippen LogP contribution is 2.54. The van der Waals surface area contributed by atoms with Crippen molar-refractivity contribution in [2.24, 2.45) is 5.41 Å². The molecule has 1 aromatic carbocycles. The number of benzene rings is 1. The molecule has 2 fully saturated rings. The maximum atomic E-state index is 6.42. The zero-order valence-electron chi connectivity index (χ0n) is 12.8. The van der Waals surface area contributed by atoms with Gasteiger partial charge >= 0.3 is 0 Å². The number of hydrogen-bond acceptors (Lipinski definition) is 3. The standard InChI is InChI=1S/C17H24BrNO2/c1-19-14-11-15(17(14)9-4-3-5-10-17)21-16-12(18)7-6-8-13(16)20-2/h6-8,14-15,19H,3-5,9-11H2,1-2H3. The molecule has 0 saturated heterocycles. The third-order valence-electron chi connectivity index (χ3n) is 5.33. The molecule has 2 saturated carbocycles. The lowest BCUT2D eigenvalue weighted by Gasteiger charge is -2.57. The first-order valence-corrected chi connectivity index (χ1v) is 8.67. The first-order valence-electron chi connectivity index (χ1n) is 7.87. The summed E-state index contributed by atoms with van der Waals surface area (Å²) in [7, 11) is 3.78. The van der Waals surface area contributed by atoms with Crippen LogP contribution < -0.4 is 14.8 Å². The van der Waals surface area contributed by atoms with Gasteiger partial charge in [0, 0.05) is 17.9 Å². The van der Waals surface area contributed by atoms with Crippen LogP contribution in [0.5, 0.6) is 11.5 Å². The van der Waals surface area contributed by atoms with Gasteiger partial charge in [0.2, 0.25) is 0 Å². The number of halogens is 1. The summed E-state index contributed by atoms with van der Waals surface area (Å²) < 4.78 is 12.8. The van der Waals surface area contributed by atoms with E-state index >= 15 is 0 Å². The SMILES string of the molecule is CNC1CC(Oc2c(Br)cccc2OC)C12CCCCC2. The Bertz CT molecular complexity index is 500. The number of nitrogens with one attached hydrogen (secondary N) is 1. The maximum Gasteiger partial charge on any atom is 0.175 e. The zero-order valence-corrected chi connectivity index (χ0v) is 14.4. The Morgan fingerprint density at radius 3 is 2.67 bits per heavy atom. The van der Waals surface area contributed by atoms with E-state index in [1.807, 2.05) is 18.2 Å². The van der Waals surface area contributed by atoms with Crippen molar-refractivity contribution in [1.29, 1.82) is 0 Å². The van der Waals surface area contributed by atoms with E-state index in [9.17, 15) is 0 Å². The van der Waals surface area contributed by atoms with Crippen LogP contribution in [-0.4, -0.2) is 26.3 Å². The minimum atomic E-state index is 0.294. The van der Waals surface area contributed by atoms with Crippen LogP contribution in [0.25, 0.3) is 0 Å². The molecule has 2 aliphatic rings. The number of methoxy groups -OCH3 is 1. The molecule has 3 nitrogen and oxygen atoms in total. The summed E-state index contributed by atoms with van der Waals surface area (Å²) in [6.45, 7) is 0.